The molecule has 2 aromatic carbocycles. The second-order valence-electron chi connectivity index (χ2n) is 6.68. The normalized spacial score (nSPS) is 11.1. The summed E-state index contributed by atoms with van der Waals surface area (Å²) in [5, 5.41) is 26.6. The van der Waals surface area contributed by atoms with Crippen LogP contribution in [0.2, 0.25) is 0 Å². The van der Waals surface area contributed by atoms with Crippen LogP contribution in [0.15, 0.2) is 47.6 Å². The van der Waals surface area contributed by atoms with E-state index in [2.05, 4.69) is 50.4 Å². The number of carbonyl (C=O) groups is 1. The number of nitrogens with zero attached hydrogens (tertiary/aromatic N) is 3. The van der Waals surface area contributed by atoms with Gasteiger partial charge in [0, 0.05) is 29.2 Å². The third-order valence-corrected chi connectivity index (χ3v) is 5.57. The molecular formula is C20H19N5O3S. The van der Waals surface area contributed by atoms with E-state index in [9.17, 15) is 10.0 Å². The van der Waals surface area contributed by atoms with Crippen LogP contribution in [0, 0.1) is 6.92 Å². The van der Waals surface area contributed by atoms with Gasteiger partial charge in [-0.25, -0.2) is 4.98 Å². The van der Waals surface area contributed by atoms with Crippen LogP contribution in [-0.2, 0) is 11.8 Å². The number of hydrogen-bond acceptors (Lipinski definition) is 6. The van der Waals surface area contributed by atoms with E-state index in [0.717, 1.165) is 39.4 Å². The Labute approximate surface area is 170 Å². The van der Waals surface area contributed by atoms with Crippen LogP contribution >= 0.6 is 11.8 Å². The minimum absolute atomic E-state index is 0.114. The number of aliphatic carboxylic acids is 1. The number of fused-ring (bicyclic) bond motifs is 1. The fraction of sp³-hybridized carbons (Fsp3) is 0.150. The van der Waals surface area contributed by atoms with Crippen molar-refractivity contribution < 1.29 is 15.1 Å². The van der Waals surface area contributed by atoms with E-state index < -0.39 is 5.97 Å². The maximum Gasteiger partial charge on any atom is 0.313 e. The molecular weight excluding hydrogens is 390 g/mol. The van der Waals surface area contributed by atoms with Gasteiger partial charge in [0.05, 0.1) is 11.4 Å². The first-order chi connectivity index (χ1) is 13.9. The second kappa shape index (κ2) is 7.61. The zero-order valence-electron chi connectivity index (χ0n) is 15.8. The van der Waals surface area contributed by atoms with Crippen LogP contribution in [0.5, 0.6) is 0 Å². The highest BCUT2D eigenvalue weighted by molar-refractivity contribution is 7.99. The monoisotopic (exact) mass is 409 g/mol. The summed E-state index contributed by atoms with van der Waals surface area (Å²) in [6.07, 6.45) is 0. The molecule has 2 heterocycles. The first-order valence-corrected chi connectivity index (χ1v) is 9.82. The fourth-order valence-corrected chi connectivity index (χ4v) is 3.75. The summed E-state index contributed by atoms with van der Waals surface area (Å²) in [7, 11) is 2.04. The van der Waals surface area contributed by atoms with E-state index in [1.807, 2.05) is 25.2 Å². The molecule has 0 spiro atoms. The molecule has 0 radical (unpaired) electrons. The minimum atomic E-state index is -0.929. The molecule has 0 aliphatic carbocycles. The molecule has 0 bridgehead atoms. The Kier molecular flexibility index (Phi) is 4.99. The fourth-order valence-electron chi connectivity index (χ4n) is 3.23. The summed E-state index contributed by atoms with van der Waals surface area (Å²) in [5.74, 6) is -0.549. The number of H-pyrrole nitrogens is 1. The van der Waals surface area contributed by atoms with Gasteiger partial charge >= 0.3 is 5.97 Å². The van der Waals surface area contributed by atoms with Crippen molar-refractivity contribution in [1.29, 1.82) is 0 Å². The Balaban J connectivity index is 1.73. The van der Waals surface area contributed by atoms with E-state index in [0.29, 0.717) is 16.7 Å². The highest BCUT2D eigenvalue weighted by Crippen LogP contribution is 2.32. The third kappa shape index (κ3) is 3.82. The first kappa shape index (κ1) is 19.0. The van der Waals surface area contributed by atoms with Crippen molar-refractivity contribution in [2.24, 2.45) is 7.05 Å². The van der Waals surface area contributed by atoms with Gasteiger partial charge < -0.3 is 9.67 Å². The lowest BCUT2D eigenvalue weighted by atomic mass is 10.0. The van der Waals surface area contributed by atoms with Crippen molar-refractivity contribution >= 4 is 34.3 Å². The predicted octanol–water partition coefficient (Wildman–Crippen LogP) is 3.92. The molecule has 2 aromatic heterocycles. The van der Waals surface area contributed by atoms with Gasteiger partial charge in [0.1, 0.15) is 0 Å². The van der Waals surface area contributed by atoms with Crippen LogP contribution in [0.3, 0.4) is 0 Å². The van der Waals surface area contributed by atoms with Crippen LogP contribution in [0.4, 0.5) is 5.69 Å². The summed E-state index contributed by atoms with van der Waals surface area (Å²) >= 11 is 1.04. The molecule has 0 aliphatic heterocycles. The van der Waals surface area contributed by atoms with Crippen molar-refractivity contribution in [3.05, 3.63) is 48.2 Å². The first-order valence-electron chi connectivity index (χ1n) is 8.83. The van der Waals surface area contributed by atoms with Gasteiger partial charge in [-0.1, -0.05) is 17.8 Å². The maximum atomic E-state index is 10.7. The molecule has 0 fully saturated rings. The minimum Gasteiger partial charge on any atom is -0.481 e. The lowest BCUT2D eigenvalue weighted by Crippen LogP contribution is -1.97. The molecule has 148 valence electrons. The van der Waals surface area contributed by atoms with Gasteiger partial charge in [-0.2, -0.15) is 0 Å². The second-order valence-corrected chi connectivity index (χ2v) is 7.62. The zero-order valence-corrected chi connectivity index (χ0v) is 16.6. The van der Waals surface area contributed by atoms with Crippen molar-refractivity contribution in [2.75, 3.05) is 11.2 Å². The van der Waals surface area contributed by atoms with E-state index in [1.165, 1.54) is 5.69 Å². The summed E-state index contributed by atoms with van der Waals surface area (Å²) < 4.78 is 2.14. The van der Waals surface area contributed by atoms with Gasteiger partial charge in [-0.15, -0.1) is 5.10 Å². The SMILES string of the molecule is Cc1cc2cc(-c3cc(NO)cc(-c4nc(SCC(=O)O)n[nH]4)c3)ccc2n1C. The van der Waals surface area contributed by atoms with Crippen molar-refractivity contribution in [2.45, 2.75) is 12.1 Å². The highest BCUT2D eigenvalue weighted by Gasteiger charge is 2.12. The number of benzene rings is 2. The number of aromatic amines is 1. The molecule has 4 rings (SSSR count). The Bertz CT molecular complexity index is 1210. The number of aryl methyl sites for hydroxylation is 2. The number of aromatic nitrogens is 4. The van der Waals surface area contributed by atoms with Gasteiger partial charge in [0.25, 0.3) is 0 Å². The lowest BCUT2D eigenvalue weighted by molar-refractivity contribution is -0.133. The number of hydrogen-bond donors (Lipinski definition) is 4. The molecule has 0 unspecified atom stereocenters. The van der Waals surface area contributed by atoms with Gasteiger partial charge in [0.15, 0.2) is 5.82 Å². The Morgan fingerprint density at radius 1 is 1.17 bits per heavy atom. The number of nitrogens with one attached hydrogen (secondary N) is 2. The van der Waals surface area contributed by atoms with Crippen LogP contribution in [0.25, 0.3) is 33.4 Å². The van der Waals surface area contributed by atoms with E-state index in [1.54, 1.807) is 6.07 Å². The molecule has 0 atom stereocenters. The highest BCUT2D eigenvalue weighted by atomic mass is 32.2. The van der Waals surface area contributed by atoms with Gasteiger partial charge in [0.2, 0.25) is 5.16 Å². The summed E-state index contributed by atoms with van der Waals surface area (Å²) in [6.45, 7) is 2.07. The van der Waals surface area contributed by atoms with Gasteiger partial charge in [-0.05, 0) is 54.4 Å². The Hall–Kier alpha value is -3.30. The van der Waals surface area contributed by atoms with Crippen LogP contribution in [0.1, 0.15) is 5.69 Å². The average molecular weight is 409 g/mol. The molecule has 4 aromatic rings. The summed E-state index contributed by atoms with van der Waals surface area (Å²) in [4.78, 5) is 15.1. The average Bonchev–Trinajstić information content (AvgIpc) is 3.30. The molecule has 4 N–H and O–H groups in total. The largest absolute Gasteiger partial charge is 0.481 e. The van der Waals surface area contributed by atoms with E-state index >= 15 is 0 Å². The predicted molar refractivity (Wildman–Crippen MR) is 112 cm³/mol. The molecule has 29 heavy (non-hydrogen) atoms. The summed E-state index contributed by atoms with van der Waals surface area (Å²) in [6, 6.07) is 13.9. The van der Waals surface area contributed by atoms with Crippen LogP contribution in [-0.4, -0.2) is 41.8 Å². The molecule has 0 amide bonds. The number of thioether (sulfide) groups is 1. The summed E-state index contributed by atoms with van der Waals surface area (Å²) in [5.41, 5.74) is 7.66. The van der Waals surface area contributed by atoms with Crippen LogP contribution < -0.4 is 5.48 Å². The number of anilines is 1. The lowest BCUT2D eigenvalue weighted by Gasteiger charge is -2.09. The number of carboxylic acid groups (broad SMARTS) is 1. The standard InChI is InChI=1S/C20H19N5O3S/c1-11-5-14-6-12(3-4-17(14)25(11)2)13-7-15(9-16(8-13)24-28)19-21-20(23-22-19)29-10-18(26)27/h3-9,24,28H,10H2,1-2H3,(H,26,27)(H,21,22,23). The Morgan fingerprint density at radius 3 is 2.72 bits per heavy atom. The Morgan fingerprint density at radius 2 is 1.97 bits per heavy atom. The van der Waals surface area contributed by atoms with E-state index in [-0.39, 0.29) is 5.75 Å². The zero-order chi connectivity index (χ0) is 20.5. The van der Waals surface area contributed by atoms with Crippen molar-refractivity contribution in [1.82, 2.24) is 19.7 Å². The smallest absolute Gasteiger partial charge is 0.313 e. The van der Waals surface area contributed by atoms with E-state index in [4.69, 9.17) is 5.11 Å². The molecule has 0 aliphatic rings. The maximum absolute atomic E-state index is 10.7. The van der Waals surface area contributed by atoms with Crippen molar-refractivity contribution in [3.63, 3.8) is 0 Å². The molecule has 9 heteroatoms. The molecule has 8 nitrogen and oxygen atoms in total. The quantitative estimate of drug-likeness (QED) is 0.282. The molecule has 0 saturated heterocycles. The number of carboxylic acids is 1. The molecule has 0 saturated carbocycles. The topological polar surface area (TPSA) is 116 Å². The van der Waals surface area contributed by atoms with Crippen molar-refractivity contribution in [3.8, 4) is 22.5 Å². The van der Waals surface area contributed by atoms with Gasteiger partial charge in [-0.3, -0.25) is 20.6 Å². The number of rotatable bonds is 6. The third-order valence-electron chi connectivity index (χ3n) is 4.74.